The first-order valence-corrected chi connectivity index (χ1v) is 7.57. The molecular weight excluding hydrogens is 266 g/mol. The number of benzene rings is 1. The summed E-state index contributed by atoms with van der Waals surface area (Å²) in [5.74, 6) is 0.731. The number of hydrogen-bond acceptors (Lipinski definition) is 5. The summed E-state index contributed by atoms with van der Waals surface area (Å²) in [5, 5.41) is 2.13. The molecule has 116 valence electrons. The average molecular weight is 291 g/mol. The smallest absolute Gasteiger partial charge is 0.184 e. The van der Waals surface area contributed by atoms with Gasteiger partial charge in [0, 0.05) is 26.2 Å². The summed E-state index contributed by atoms with van der Waals surface area (Å²) >= 11 is 0. The topological polar surface area (TPSA) is 44.8 Å². The van der Waals surface area contributed by atoms with Crippen LogP contribution in [0.2, 0.25) is 0 Å². The van der Waals surface area contributed by atoms with Gasteiger partial charge in [0.05, 0.1) is 18.2 Å². The molecule has 5 nitrogen and oxygen atoms in total. The van der Waals surface area contributed by atoms with E-state index in [0.29, 0.717) is 17.9 Å². The Morgan fingerprint density at radius 3 is 2.62 bits per heavy atom. The van der Waals surface area contributed by atoms with Crippen LogP contribution >= 0.6 is 0 Å². The largest absolute Gasteiger partial charge is 0.493 e. The van der Waals surface area contributed by atoms with Gasteiger partial charge in [-0.15, -0.1) is 0 Å². The predicted octanol–water partition coefficient (Wildman–Crippen LogP) is 1.41. The number of para-hydroxylation sites is 1. The number of carbonyl (C=O) groups is 1. The predicted molar refractivity (Wildman–Crippen MR) is 83.6 cm³/mol. The molecule has 1 N–H and O–H groups in total. The summed E-state index contributed by atoms with van der Waals surface area (Å²) in [6.07, 6.45) is 0. The number of piperazine rings is 1. The molecule has 0 amide bonds. The first kappa shape index (κ1) is 15.9. The van der Waals surface area contributed by atoms with E-state index in [0.717, 1.165) is 26.2 Å². The van der Waals surface area contributed by atoms with E-state index in [-0.39, 0.29) is 11.8 Å². The lowest BCUT2D eigenvalue weighted by Crippen LogP contribution is -2.54. The molecule has 1 aliphatic rings. The summed E-state index contributed by atoms with van der Waals surface area (Å²) in [6, 6.07) is 7.18. The van der Waals surface area contributed by atoms with Crippen LogP contribution in [0, 0.1) is 0 Å². The highest BCUT2D eigenvalue weighted by atomic mass is 16.5. The van der Waals surface area contributed by atoms with Crippen LogP contribution in [0.5, 0.6) is 5.75 Å². The third-order valence-corrected chi connectivity index (χ3v) is 3.73. The Morgan fingerprint density at radius 1 is 1.29 bits per heavy atom. The van der Waals surface area contributed by atoms with Gasteiger partial charge in [0.1, 0.15) is 5.75 Å². The molecule has 0 aliphatic carbocycles. The zero-order valence-electron chi connectivity index (χ0n) is 13.1. The molecule has 1 aromatic carbocycles. The second-order valence-electron chi connectivity index (χ2n) is 5.43. The van der Waals surface area contributed by atoms with Gasteiger partial charge in [-0.1, -0.05) is 12.1 Å². The van der Waals surface area contributed by atoms with Gasteiger partial charge >= 0.3 is 0 Å². The zero-order valence-corrected chi connectivity index (χ0v) is 13.1. The van der Waals surface area contributed by atoms with Crippen molar-refractivity contribution in [3.8, 4) is 5.75 Å². The fraction of sp³-hybridized carbons (Fsp3) is 0.562. The number of rotatable bonds is 6. The molecule has 1 unspecified atom stereocenters. The Balaban J connectivity index is 1.99. The molecule has 0 radical (unpaired) electrons. The number of hydrogen-bond donors (Lipinski definition) is 1. The van der Waals surface area contributed by atoms with Crippen LogP contribution in [0.4, 0.5) is 0 Å². The SMILES string of the molecule is CCOc1ccccc1C(=O)C(C)NN1CCN(C)CC1. The van der Waals surface area contributed by atoms with Crippen LogP contribution in [-0.2, 0) is 0 Å². The Morgan fingerprint density at radius 2 is 1.95 bits per heavy atom. The molecule has 1 aromatic rings. The van der Waals surface area contributed by atoms with Crippen molar-refractivity contribution >= 4 is 5.78 Å². The number of ether oxygens (including phenoxy) is 1. The van der Waals surface area contributed by atoms with E-state index in [2.05, 4.69) is 22.4 Å². The van der Waals surface area contributed by atoms with Crippen molar-refractivity contribution in [1.29, 1.82) is 0 Å². The molecule has 1 fully saturated rings. The third kappa shape index (κ3) is 4.27. The summed E-state index contributed by atoms with van der Waals surface area (Å²) in [4.78, 5) is 14.9. The third-order valence-electron chi connectivity index (χ3n) is 3.73. The molecule has 0 spiro atoms. The molecule has 1 aliphatic heterocycles. The molecule has 0 bridgehead atoms. The van der Waals surface area contributed by atoms with Gasteiger partial charge < -0.3 is 9.64 Å². The van der Waals surface area contributed by atoms with Crippen LogP contribution < -0.4 is 10.2 Å². The molecule has 5 heteroatoms. The highest BCUT2D eigenvalue weighted by Gasteiger charge is 2.22. The van der Waals surface area contributed by atoms with E-state index in [1.807, 2.05) is 38.1 Å². The van der Waals surface area contributed by atoms with E-state index >= 15 is 0 Å². The minimum atomic E-state index is -0.255. The maximum atomic E-state index is 12.6. The van der Waals surface area contributed by atoms with E-state index in [4.69, 9.17) is 4.74 Å². The second-order valence-corrected chi connectivity index (χ2v) is 5.43. The molecular formula is C16H25N3O2. The van der Waals surface area contributed by atoms with E-state index in [1.54, 1.807) is 0 Å². The maximum absolute atomic E-state index is 12.6. The highest BCUT2D eigenvalue weighted by Crippen LogP contribution is 2.19. The van der Waals surface area contributed by atoms with Crippen LogP contribution in [-0.4, -0.2) is 61.6 Å². The number of ketones is 1. The fourth-order valence-corrected chi connectivity index (χ4v) is 2.45. The van der Waals surface area contributed by atoms with Crippen molar-refractivity contribution in [2.24, 2.45) is 0 Å². The lowest BCUT2D eigenvalue weighted by atomic mass is 10.0. The van der Waals surface area contributed by atoms with Crippen LogP contribution in [0.15, 0.2) is 24.3 Å². The minimum Gasteiger partial charge on any atom is -0.493 e. The van der Waals surface area contributed by atoms with Crippen molar-refractivity contribution in [2.45, 2.75) is 19.9 Å². The maximum Gasteiger partial charge on any atom is 0.184 e. The summed E-state index contributed by atoms with van der Waals surface area (Å²) in [7, 11) is 2.12. The van der Waals surface area contributed by atoms with E-state index < -0.39 is 0 Å². The van der Waals surface area contributed by atoms with Gasteiger partial charge in [0.15, 0.2) is 5.78 Å². The van der Waals surface area contributed by atoms with Crippen LogP contribution in [0.1, 0.15) is 24.2 Å². The van der Waals surface area contributed by atoms with Crippen LogP contribution in [0.3, 0.4) is 0 Å². The summed E-state index contributed by atoms with van der Waals surface area (Å²) in [6.45, 7) is 8.29. The molecule has 1 heterocycles. The fourth-order valence-electron chi connectivity index (χ4n) is 2.45. The quantitative estimate of drug-likeness (QED) is 0.803. The van der Waals surface area contributed by atoms with Crippen molar-refractivity contribution in [3.05, 3.63) is 29.8 Å². The number of Topliss-reactive ketones (excluding diaryl/α,β-unsaturated/α-hetero) is 1. The van der Waals surface area contributed by atoms with Gasteiger partial charge in [-0.2, -0.15) is 0 Å². The first-order chi connectivity index (χ1) is 10.1. The number of hydrazine groups is 1. The summed E-state index contributed by atoms with van der Waals surface area (Å²) < 4.78 is 5.54. The Kier molecular flexibility index (Phi) is 5.73. The molecule has 2 rings (SSSR count). The Labute approximate surface area is 126 Å². The Hall–Kier alpha value is -1.43. The average Bonchev–Trinajstić information content (AvgIpc) is 2.50. The highest BCUT2D eigenvalue weighted by molar-refractivity contribution is 6.02. The molecule has 0 aromatic heterocycles. The van der Waals surface area contributed by atoms with Crippen molar-refractivity contribution in [2.75, 3.05) is 39.8 Å². The van der Waals surface area contributed by atoms with Gasteiger partial charge in [-0.05, 0) is 33.0 Å². The van der Waals surface area contributed by atoms with Crippen molar-refractivity contribution in [1.82, 2.24) is 15.3 Å². The van der Waals surface area contributed by atoms with Gasteiger partial charge in [-0.25, -0.2) is 10.4 Å². The van der Waals surface area contributed by atoms with Crippen molar-refractivity contribution in [3.63, 3.8) is 0 Å². The standard InChI is InChI=1S/C16H25N3O2/c1-4-21-15-8-6-5-7-14(15)16(20)13(2)17-19-11-9-18(3)10-12-19/h5-8,13,17H,4,9-12H2,1-3H3. The molecule has 1 saturated heterocycles. The number of nitrogens with one attached hydrogen (secondary N) is 1. The van der Waals surface area contributed by atoms with Crippen molar-refractivity contribution < 1.29 is 9.53 Å². The summed E-state index contributed by atoms with van der Waals surface area (Å²) in [5.41, 5.74) is 3.96. The van der Waals surface area contributed by atoms with Gasteiger partial charge in [-0.3, -0.25) is 4.79 Å². The zero-order chi connectivity index (χ0) is 15.2. The number of carbonyl (C=O) groups excluding carboxylic acids is 1. The Bertz CT molecular complexity index is 470. The molecule has 1 atom stereocenters. The molecule has 21 heavy (non-hydrogen) atoms. The first-order valence-electron chi connectivity index (χ1n) is 7.57. The minimum absolute atomic E-state index is 0.0676. The normalized spacial score (nSPS) is 18.4. The van der Waals surface area contributed by atoms with Gasteiger partial charge in [0.2, 0.25) is 0 Å². The lowest BCUT2D eigenvalue weighted by molar-refractivity contribution is 0.0715. The number of nitrogens with zero attached hydrogens (tertiary/aromatic N) is 2. The molecule has 0 saturated carbocycles. The van der Waals surface area contributed by atoms with E-state index in [1.165, 1.54) is 0 Å². The lowest BCUT2D eigenvalue weighted by Gasteiger charge is -2.34. The van der Waals surface area contributed by atoms with Gasteiger partial charge in [0.25, 0.3) is 0 Å². The monoisotopic (exact) mass is 291 g/mol. The van der Waals surface area contributed by atoms with Crippen LogP contribution in [0.25, 0.3) is 0 Å². The number of likely N-dealkylation sites (N-methyl/N-ethyl adjacent to an activating group) is 1. The second kappa shape index (κ2) is 7.54. The van der Waals surface area contributed by atoms with E-state index in [9.17, 15) is 4.79 Å².